The SMILES string of the molecule is CC(C)(O)c1ccc(C(=O)Cc2cc(-c3ccccc3)n3nc(C(F)(F)F)cc3n2)cc1. The van der Waals surface area contributed by atoms with Crippen molar-refractivity contribution < 1.29 is 23.1 Å². The first kappa shape index (κ1) is 21.7. The molecule has 0 bridgehead atoms. The fourth-order valence-electron chi connectivity index (χ4n) is 3.40. The standard InChI is InChI=1S/C24H20F3N3O2/c1-23(2,32)17-10-8-16(9-11-17)20(31)13-18-12-19(15-6-4-3-5-7-15)30-22(28-18)14-21(29-30)24(25,26)27/h3-12,14,32H,13H2,1-2H3. The third kappa shape index (κ3) is 4.40. The van der Waals surface area contributed by atoms with Crippen LogP contribution in [0.15, 0.2) is 66.7 Å². The van der Waals surface area contributed by atoms with Crippen LogP contribution in [0.1, 0.15) is 41.2 Å². The van der Waals surface area contributed by atoms with E-state index < -0.39 is 17.5 Å². The van der Waals surface area contributed by atoms with Crippen LogP contribution in [0.2, 0.25) is 0 Å². The third-order valence-electron chi connectivity index (χ3n) is 5.10. The Morgan fingerprint density at radius 2 is 1.66 bits per heavy atom. The summed E-state index contributed by atoms with van der Waals surface area (Å²) in [6.45, 7) is 3.30. The molecule has 0 aliphatic rings. The number of carbonyl (C=O) groups is 1. The van der Waals surface area contributed by atoms with Gasteiger partial charge in [0.2, 0.25) is 0 Å². The number of aromatic nitrogens is 3. The van der Waals surface area contributed by atoms with Crippen molar-refractivity contribution in [3.63, 3.8) is 0 Å². The molecule has 0 unspecified atom stereocenters. The normalized spacial score (nSPS) is 12.3. The fraction of sp³-hybridized carbons (Fsp3) is 0.208. The smallest absolute Gasteiger partial charge is 0.386 e. The minimum absolute atomic E-state index is 0.0128. The number of rotatable bonds is 5. The molecule has 0 fully saturated rings. The third-order valence-corrected chi connectivity index (χ3v) is 5.10. The number of carbonyl (C=O) groups excluding carboxylic acids is 1. The lowest BCUT2D eigenvalue weighted by Gasteiger charge is -2.17. The van der Waals surface area contributed by atoms with E-state index in [1.54, 1.807) is 74.5 Å². The van der Waals surface area contributed by atoms with E-state index in [-0.39, 0.29) is 17.9 Å². The zero-order chi connectivity index (χ0) is 23.1. The Balaban J connectivity index is 1.73. The van der Waals surface area contributed by atoms with Crippen molar-refractivity contribution in [3.05, 3.63) is 89.2 Å². The number of fused-ring (bicyclic) bond motifs is 1. The molecule has 2 heterocycles. The molecule has 0 aliphatic carbocycles. The highest BCUT2D eigenvalue weighted by Gasteiger charge is 2.34. The van der Waals surface area contributed by atoms with E-state index in [0.717, 1.165) is 10.6 Å². The first-order valence-corrected chi connectivity index (χ1v) is 9.91. The molecular weight excluding hydrogens is 419 g/mol. The molecule has 1 N–H and O–H groups in total. The summed E-state index contributed by atoms with van der Waals surface area (Å²) in [5.41, 5.74) is 0.417. The number of ketones is 1. The lowest BCUT2D eigenvalue weighted by atomic mass is 9.96. The van der Waals surface area contributed by atoms with Crippen molar-refractivity contribution in [2.24, 2.45) is 0 Å². The maximum atomic E-state index is 13.2. The van der Waals surface area contributed by atoms with Gasteiger partial charge in [-0.2, -0.15) is 18.3 Å². The zero-order valence-electron chi connectivity index (χ0n) is 17.4. The van der Waals surface area contributed by atoms with Crippen LogP contribution < -0.4 is 0 Å². The molecular formula is C24H20F3N3O2. The van der Waals surface area contributed by atoms with Crippen molar-refractivity contribution in [1.82, 2.24) is 14.6 Å². The second kappa shape index (κ2) is 7.87. The quantitative estimate of drug-likeness (QED) is 0.441. The molecule has 8 heteroatoms. The van der Waals surface area contributed by atoms with Crippen molar-refractivity contribution in [3.8, 4) is 11.3 Å². The lowest BCUT2D eigenvalue weighted by Crippen LogP contribution is -2.15. The number of hydrogen-bond acceptors (Lipinski definition) is 4. The van der Waals surface area contributed by atoms with Crippen LogP contribution in [-0.4, -0.2) is 25.5 Å². The average Bonchev–Trinajstić information content (AvgIpc) is 3.18. The molecule has 5 nitrogen and oxygen atoms in total. The summed E-state index contributed by atoms with van der Waals surface area (Å²) in [5, 5.41) is 13.8. The van der Waals surface area contributed by atoms with Gasteiger partial charge in [-0.1, -0.05) is 54.6 Å². The average molecular weight is 439 g/mol. The Labute approximate surface area is 182 Å². The minimum Gasteiger partial charge on any atom is -0.386 e. The van der Waals surface area contributed by atoms with Crippen molar-refractivity contribution >= 4 is 11.4 Å². The second-order valence-electron chi connectivity index (χ2n) is 8.03. The first-order chi connectivity index (χ1) is 15.0. The van der Waals surface area contributed by atoms with Gasteiger partial charge in [-0.05, 0) is 25.5 Å². The number of benzene rings is 2. The van der Waals surface area contributed by atoms with Crippen LogP contribution in [0, 0.1) is 0 Å². The Morgan fingerprint density at radius 1 is 1.00 bits per heavy atom. The first-order valence-electron chi connectivity index (χ1n) is 9.91. The van der Waals surface area contributed by atoms with E-state index in [1.165, 1.54) is 0 Å². The van der Waals surface area contributed by atoms with Crippen LogP contribution in [0.25, 0.3) is 16.9 Å². The van der Waals surface area contributed by atoms with Crippen LogP contribution in [0.5, 0.6) is 0 Å². The molecule has 0 atom stereocenters. The summed E-state index contributed by atoms with van der Waals surface area (Å²) in [4.78, 5) is 17.1. The van der Waals surface area contributed by atoms with Gasteiger partial charge in [-0.25, -0.2) is 9.50 Å². The van der Waals surface area contributed by atoms with Gasteiger partial charge in [-0.3, -0.25) is 4.79 Å². The molecule has 0 aliphatic heterocycles. The lowest BCUT2D eigenvalue weighted by molar-refractivity contribution is -0.141. The largest absolute Gasteiger partial charge is 0.435 e. The van der Waals surface area contributed by atoms with E-state index in [4.69, 9.17) is 0 Å². The molecule has 0 radical (unpaired) electrons. The number of Topliss-reactive ketones (excluding diaryl/α,β-unsaturated/α-hetero) is 1. The van der Waals surface area contributed by atoms with Gasteiger partial charge >= 0.3 is 6.18 Å². The molecule has 4 aromatic rings. The minimum atomic E-state index is -4.61. The number of halogens is 3. The maximum Gasteiger partial charge on any atom is 0.435 e. The molecule has 2 aromatic carbocycles. The summed E-state index contributed by atoms with van der Waals surface area (Å²) in [6.07, 6.45) is -4.70. The van der Waals surface area contributed by atoms with Gasteiger partial charge in [-0.15, -0.1) is 0 Å². The van der Waals surface area contributed by atoms with Crippen molar-refractivity contribution in [1.29, 1.82) is 0 Å². The Hall–Kier alpha value is -3.52. The Morgan fingerprint density at radius 3 is 2.25 bits per heavy atom. The summed E-state index contributed by atoms with van der Waals surface area (Å²) in [6, 6.07) is 17.9. The highest BCUT2D eigenvalue weighted by molar-refractivity contribution is 5.97. The van der Waals surface area contributed by atoms with Gasteiger partial charge in [0.15, 0.2) is 17.1 Å². The van der Waals surface area contributed by atoms with E-state index in [9.17, 15) is 23.1 Å². The van der Waals surface area contributed by atoms with E-state index in [0.29, 0.717) is 28.1 Å². The maximum absolute atomic E-state index is 13.2. The summed E-state index contributed by atoms with van der Waals surface area (Å²) in [5.74, 6) is -0.237. The number of aliphatic hydroxyl groups is 1. The zero-order valence-corrected chi connectivity index (χ0v) is 17.4. The predicted octanol–water partition coefficient (Wildman–Crippen LogP) is 5.07. The Bertz CT molecular complexity index is 1270. The van der Waals surface area contributed by atoms with E-state index in [2.05, 4.69) is 10.1 Å². The molecule has 2 aromatic heterocycles. The van der Waals surface area contributed by atoms with Gasteiger partial charge in [0, 0.05) is 17.2 Å². The second-order valence-corrected chi connectivity index (χ2v) is 8.03. The topological polar surface area (TPSA) is 67.5 Å². The molecule has 0 spiro atoms. The number of hydrogen-bond donors (Lipinski definition) is 1. The van der Waals surface area contributed by atoms with Crippen molar-refractivity contribution in [2.75, 3.05) is 0 Å². The molecule has 164 valence electrons. The van der Waals surface area contributed by atoms with Gasteiger partial charge in [0.05, 0.1) is 23.4 Å². The van der Waals surface area contributed by atoms with Crippen LogP contribution in [0.4, 0.5) is 13.2 Å². The van der Waals surface area contributed by atoms with Gasteiger partial charge in [0.1, 0.15) is 0 Å². The number of alkyl halides is 3. The van der Waals surface area contributed by atoms with E-state index in [1.807, 2.05) is 0 Å². The van der Waals surface area contributed by atoms with Gasteiger partial charge in [0.25, 0.3) is 0 Å². The molecule has 4 rings (SSSR count). The highest BCUT2D eigenvalue weighted by atomic mass is 19.4. The summed E-state index contributed by atoms with van der Waals surface area (Å²) in [7, 11) is 0. The van der Waals surface area contributed by atoms with Crippen molar-refractivity contribution in [2.45, 2.75) is 32.0 Å². The molecule has 32 heavy (non-hydrogen) atoms. The monoisotopic (exact) mass is 439 g/mol. The number of nitrogens with zero attached hydrogens (tertiary/aromatic N) is 3. The van der Waals surface area contributed by atoms with Crippen LogP contribution in [0.3, 0.4) is 0 Å². The molecule has 0 amide bonds. The summed E-state index contributed by atoms with van der Waals surface area (Å²) >= 11 is 0. The predicted molar refractivity (Wildman–Crippen MR) is 113 cm³/mol. The molecule has 0 saturated carbocycles. The van der Waals surface area contributed by atoms with Crippen LogP contribution in [-0.2, 0) is 18.2 Å². The summed E-state index contributed by atoms with van der Waals surface area (Å²) < 4.78 is 40.8. The molecule has 0 saturated heterocycles. The fourth-order valence-corrected chi connectivity index (χ4v) is 3.40. The Kier molecular flexibility index (Phi) is 5.34. The van der Waals surface area contributed by atoms with Crippen LogP contribution >= 0.6 is 0 Å². The highest BCUT2D eigenvalue weighted by Crippen LogP contribution is 2.30. The van der Waals surface area contributed by atoms with Gasteiger partial charge < -0.3 is 5.11 Å². The van der Waals surface area contributed by atoms with E-state index >= 15 is 0 Å².